The van der Waals surface area contributed by atoms with Gasteiger partial charge in [0.2, 0.25) is 5.43 Å². The molecule has 1 unspecified atom stereocenters. The minimum absolute atomic E-state index is 0.167. The second-order valence-corrected chi connectivity index (χ2v) is 8.87. The summed E-state index contributed by atoms with van der Waals surface area (Å²) in [6.07, 6.45) is 3.37. The molecule has 1 aromatic carbocycles. The lowest BCUT2D eigenvalue weighted by atomic mass is 9.98. The highest BCUT2D eigenvalue weighted by Crippen LogP contribution is 2.43. The molecule has 0 spiro atoms. The number of nitrogens with zero attached hydrogens (tertiary/aromatic N) is 3. The monoisotopic (exact) mass is 445 g/mol. The van der Waals surface area contributed by atoms with E-state index in [4.69, 9.17) is 5.73 Å². The number of hydrogen-bond donors (Lipinski definition) is 2. The van der Waals surface area contributed by atoms with E-state index < -0.39 is 40.2 Å². The van der Waals surface area contributed by atoms with E-state index in [1.54, 1.807) is 4.90 Å². The number of primary amides is 1. The molecule has 2 saturated heterocycles. The van der Waals surface area contributed by atoms with Crippen molar-refractivity contribution in [2.24, 2.45) is 5.73 Å². The van der Waals surface area contributed by atoms with Crippen molar-refractivity contribution in [3.63, 3.8) is 0 Å². The number of nitrogens with two attached hydrogens (primary N) is 1. The van der Waals surface area contributed by atoms with Crippen molar-refractivity contribution in [2.45, 2.75) is 44.6 Å². The molecule has 8 nitrogen and oxygen atoms in total. The number of aromatic hydroxyl groups is 1. The smallest absolute Gasteiger partial charge is 0.279 e. The fourth-order valence-electron chi connectivity index (χ4n) is 5.85. The number of pyridine rings is 1. The highest BCUT2D eigenvalue weighted by molar-refractivity contribution is 5.98. The maximum absolute atomic E-state index is 14.6. The predicted octanol–water partition coefficient (Wildman–Crippen LogP) is 1.30. The Morgan fingerprint density at radius 1 is 1.25 bits per heavy atom. The Kier molecular flexibility index (Phi) is 4.59. The maximum Gasteiger partial charge on any atom is 0.279 e. The molecular formula is C22H23F2N4O4+. The summed E-state index contributed by atoms with van der Waals surface area (Å²) < 4.78 is 29.9. The van der Waals surface area contributed by atoms with Gasteiger partial charge in [-0.1, -0.05) is 0 Å². The van der Waals surface area contributed by atoms with E-state index in [-0.39, 0.29) is 31.0 Å². The first kappa shape index (κ1) is 20.6. The first-order valence-corrected chi connectivity index (χ1v) is 10.6. The molecule has 3 N–H and O–H groups in total. The van der Waals surface area contributed by atoms with E-state index in [0.29, 0.717) is 29.6 Å². The average molecular weight is 445 g/mol. The van der Waals surface area contributed by atoms with Crippen molar-refractivity contribution in [3.8, 4) is 5.75 Å². The quantitative estimate of drug-likeness (QED) is 0.695. The molecular weight excluding hydrogens is 422 g/mol. The van der Waals surface area contributed by atoms with Crippen LogP contribution in [-0.2, 0) is 13.1 Å². The number of quaternary nitrogens is 1. The number of fused-ring (bicyclic) bond motifs is 4. The normalized spacial score (nSPS) is 26.4. The molecule has 0 bridgehead atoms. The number of amides is 2. The van der Waals surface area contributed by atoms with E-state index in [9.17, 15) is 28.3 Å². The van der Waals surface area contributed by atoms with Crippen LogP contribution in [0.1, 0.15) is 45.7 Å². The van der Waals surface area contributed by atoms with Gasteiger partial charge in [0.05, 0.1) is 19.1 Å². The van der Waals surface area contributed by atoms with Crippen LogP contribution >= 0.6 is 0 Å². The molecule has 2 fully saturated rings. The number of hydrogen-bond acceptors (Lipinski definition) is 4. The van der Waals surface area contributed by atoms with Gasteiger partial charge in [-0.25, -0.2) is 8.78 Å². The molecule has 0 saturated carbocycles. The van der Waals surface area contributed by atoms with Crippen LogP contribution < -0.4 is 11.2 Å². The van der Waals surface area contributed by atoms with Gasteiger partial charge < -0.3 is 15.4 Å². The lowest BCUT2D eigenvalue weighted by Gasteiger charge is -2.55. The minimum Gasteiger partial charge on any atom is -0.503 e. The fourth-order valence-corrected chi connectivity index (χ4v) is 5.85. The van der Waals surface area contributed by atoms with Crippen LogP contribution in [0.5, 0.6) is 5.75 Å². The summed E-state index contributed by atoms with van der Waals surface area (Å²) in [4.78, 5) is 39.0. The van der Waals surface area contributed by atoms with Gasteiger partial charge in [-0.3, -0.25) is 23.8 Å². The number of halogens is 2. The molecule has 1 aromatic heterocycles. The molecule has 4 heterocycles. The zero-order valence-corrected chi connectivity index (χ0v) is 17.3. The summed E-state index contributed by atoms with van der Waals surface area (Å²) >= 11 is 0. The van der Waals surface area contributed by atoms with E-state index >= 15 is 0 Å². The van der Waals surface area contributed by atoms with Crippen LogP contribution in [0.2, 0.25) is 0 Å². The zero-order chi connectivity index (χ0) is 22.8. The predicted molar refractivity (Wildman–Crippen MR) is 109 cm³/mol. The maximum atomic E-state index is 14.6. The van der Waals surface area contributed by atoms with Crippen molar-refractivity contribution in [2.75, 3.05) is 13.1 Å². The van der Waals surface area contributed by atoms with Crippen LogP contribution in [0.3, 0.4) is 0 Å². The van der Waals surface area contributed by atoms with E-state index in [2.05, 4.69) is 0 Å². The van der Waals surface area contributed by atoms with Gasteiger partial charge >= 0.3 is 0 Å². The first-order valence-electron chi connectivity index (χ1n) is 10.6. The van der Waals surface area contributed by atoms with Crippen molar-refractivity contribution in [3.05, 3.63) is 63.1 Å². The summed E-state index contributed by atoms with van der Waals surface area (Å²) in [6.45, 7) is 1.66. The summed E-state index contributed by atoms with van der Waals surface area (Å²) in [6, 6.07) is 3.73. The second-order valence-electron chi connectivity index (χ2n) is 8.87. The number of benzene rings is 1. The van der Waals surface area contributed by atoms with Crippen LogP contribution in [0.15, 0.2) is 29.2 Å². The van der Waals surface area contributed by atoms with Gasteiger partial charge in [-0.05, 0) is 12.1 Å². The number of aromatic nitrogens is 1. The Labute approximate surface area is 182 Å². The van der Waals surface area contributed by atoms with Crippen molar-refractivity contribution in [1.82, 2.24) is 9.47 Å². The van der Waals surface area contributed by atoms with Crippen LogP contribution in [-0.4, -0.2) is 56.2 Å². The molecule has 2 amide bonds. The Morgan fingerprint density at radius 2 is 2.03 bits per heavy atom. The largest absolute Gasteiger partial charge is 0.503 e. The second kappa shape index (κ2) is 7.13. The standard InChI is InChI=1S/C22H22F2N4O4/c23-13-4-3-12(16(24)8-13)11-28-7-1-2-14(28)5-6-27-17(28)10-26-9-15(21(25)31)19(29)20(30)18(26)22(27)32/h3-4,8-9,14,17H,1-2,5-7,10-11H2,(H2-,25,30,31,32)/p+1/t14-,17-,28?/m0/s1. The molecule has 5 rings (SSSR count). The summed E-state index contributed by atoms with van der Waals surface area (Å²) in [5.74, 6) is -3.56. The number of rotatable bonds is 3. The molecule has 3 aliphatic rings. The molecule has 168 valence electrons. The minimum atomic E-state index is -0.990. The Bertz CT molecular complexity index is 1210. The van der Waals surface area contributed by atoms with Gasteiger partial charge in [0.15, 0.2) is 17.6 Å². The van der Waals surface area contributed by atoms with Gasteiger partial charge in [0.1, 0.15) is 23.7 Å². The van der Waals surface area contributed by atoms with E-state index in [1.807, 2.05) is 0 Å². The molecule has 0 aliphatic carbocycles. The van der Waals surface area contributed by atoms with Crippen LogP contribution in [0, 0.1) is 11.6 Å². The molecule has 0 radical (unpaired) electrons. The molecule has 3 aliphatic heterocycles. The molecule has 2 aromatic rings. The first-order chi connectivity index (χ1) is 15.2. The SMILES string of the molecule is NC(=O)c1cn2c(c(O)c1=O)C(=O)N1CC[C@@H]3CCC[N+]3(Cc3ccc(F)cc3F)[C@H]1C2. The van der Waals surface area contributed by atoms with E-state index in [1.165, 1.54) is 22.9 Å². The topological polar surface area (TPSA) is 106 Å². The molecule has 10 heteroatoms. The Balaban J connectivity index is 1.62. The van der Waals surface area contributed by atoms with Crippen molar-refractivity contribution in [1.29, 1.82) is 0 Å². The zero-order valence-electron chi connectivity index (χ0n) is 17.3. The van der Waals surface area contributed by atoms with Gasteiger partial charge in [0.25, 0.3) is 11.8 Å². The lowest BCUT2D eigenvalue weighted by Crippen LogP contribution is -2.71. The van der Waals surface area contributed by atoms with E-state index in [0.717, 1.165) is 18.9 Å². The lowest BCUT2D eigenvalue weighted by molar-refractivity contribution is -0.989. The highest BCUT2D eigenvalue weighted by atomic mass is 19.1. The highest BCUT2D eigenvalue weighted by Gasteiger charge is 2.56. The number of carbonyl (C=O) groups excluding carboxylic acids is 2. The number of carbonyl (C=O) groups is 2. The fraction of sp³-hybridized carbons (Fsp3) is 0.409. The summed E-state index contributed by atoms with van der Waals surface area (Å²) in [5.41, 5.74) is 4.14. The molecule has 32 heavy (non-hydrogen) atoms. The van der Waals surface area contributed by atoms with Crippen molar-refractivity contribution >= 4 is 11.8 Å². The third-order valence-electron chi connectivity index (χ3n) is 7.32. The summed E-state index contributed by atoms with van der Waals surface area (Å²) in [7, 11) is 0. The Morgan fingerprint density at radius 3 is 2.75 bits per heavy atom. The average Bonchev–Trinajstić information content (AvgIpc) is 3.16. The third kappa shape index (κ3) is 2.85. The molecule has 3 atom stereocenters. The Hall–Kier alpha value is -3.27. The van der Waals surface area contributed by atoms with Gasteiger partial charge in [0, 0.05) is 43.6 Å². The van der Waals surface area contributed by atoms with Crippen LogP contribution in [0.25, 0.3) is 0 Å². The van der Waals surface area contributed by atoms with Crippen LogP contribution in [0.4, 0.5) is 8.78 Å². The third-order valence-corrected chi connectivity index (χ3v) is 7.32. The summed E-state index contributed by atoms with van der Waals surface area (Å²) in [5, 5.41) is 10.4. The van der Waals surface area contributed by atoms with Gasteiger partial charge in [-0.15, -0.1) is 0 Å². The van der Waals surface area contributed by atoms with Gasteiger partial charge in [-0.2, -0.15) is 0 Å². The van der Waals surface area contributed by atoms with Crippen molar-refractivity contribution < 1.29 is 28.0 Å².